The average molecular weight is 289 g/mol. The van der Waals surface area contributed by atoms with Crippen LogP contribution in [0.5, 0.6) is 0 Å². The lowest BCUT2D eigenvalue weighted by atomic mass is 10.2. The molecule has 1 heterocycles. The zero-order valence-electron chi connectivity index (χ0n) is 10.6. The van der Waals surface area contributed by atoms with Crippen molar-refractivity contribution in [3.63, 3.8) is 0 Å². The molecule has 0 radical (unpaired) electrons. The summed E-state index contributed by atoms with van der Waals surface area (Å²) in [6.45, 7) is 0.331. The Hall–Kier alpha value is -1.15. The lowest BCUT2D eigenvalue weighted by molar-refractivity contribution is -0.126. The zero-order chi connectivity index (χ0) is 13.9. The highest BCUT2D eigenvalue weighted by Gasteiger charge is 2.26. The van der Waals surface area contributed by atoms with E-state index in [2.05, 4.69) is 16.0 Å². The molecule has 2 rings (SSSR count). The largest absolute Gasteiger partial charge is 0.352 e. The van der Waals surface area contributed by atoms with Crippen LogP contribution in [-0.2, 0) is 19.4 Å². The van der Waals surface area contributed by atoms with Crippen molar-refractivity contribution in [2.75, 3.05) is 24.6 Å². The van der Waals surface area contributed by atoms with Gasteiger partial charge in [-0.15, -0.1) is 0 Å². The predicted molar refractivity (Wildman–Crippen MR) is 69.2 cm³/mol. The first kappa shape index (κ1) is 14.3. The number of hydrogen-bond donors (Lipinski definition) is 3. The van der Waals surface area contributed by atoms with Gasteiger partial charge in [0.25, 0.3) is 0 Å². The molecule has 0 bridgehead atoms. The smallest absolute Gasteiger partial charge is 0.239 e. The summed E-state index contributed by atoms with van der Waals surface area (Å²) in [6.07, 6.45) is 2.09. The summed E-state index contributed by atoms with van der Waals surface area (Å²) < 4.78 is 22.8. The fourth-order valence-corrected chi connectivity index (χ4v) is 3.42. The van der Waals surface area contributed by atoms with Gasteiger partial charge in [-0.2, -0.15) is 0 Å². The van der Waals surface area contributed by atoms with Gasteiger partial charge < -0.3 is 16.0 Å². The zero-order valence-corrected chi connectivity index (χ0v) is 11.5. The second kappa shape index (κ2) is 5.87. The summed E-state index contributed by atoms with van der Waals surface area (Å²) in [5.74, 6) is -0.399. The third kappa shape index (κ3) is 5.15. The maximum Gasteiger partial charge on any atom is 0.239 e. The maximum atomic E-state index is 11.6. The van der Waals surface area contributed by atoms with Gasteiger partial charge in [-0.05, 0) is 12.8 Å². The molecular formula is C11H19N3O4S. The summed E-state index contributed by atoms with van der Waals surface area (Å²) in [5.41, 5.74) is 0. The third-order valence-corrected chi connectivity index (χ3v) is 4.86. The molecule has 0 aromatic carbocycles. The summed E-state index contributed by atoms with van der Waals surface area (Å²) >= 11 is 0. The first-order valence-electron chi connectivity index (χ1n) is 6.44. The highest BCUT2D eigenvalue weighted by molar-refractivity contribution is 7.91. The number of nitrogens with one attached hydrogen (secondary N) is 3. The number of carbonyl (C=O) groups is 2. The van der Waals surface area contributed by atoms with Gasteiger partial charge in [0.1, 0.15) is 0 Å². The van der Waals surface area contributed by atoms with Crippen LogP contribution in [0, 0.1) is 0 Å². The van der Waals surface area contributed by atoms with Gasteiger partial charge >= 0.3 is 0 Å². The van der Waals surface area contributed by atoms with Crippen LogP contribution >= 0.6 is 0 Å². The van der Waals surface area contributed by atoms with Crippen molar-refractivity contribution in [1.29, 1.82) is 0 Å². The van der Waals surface area contributed by atoms with E-state index in [-0.39, 0.29) is 48.4 Å². The molecule has 1 unspecified atom stereocenters. The highest BCUT2D eigenvalue weighted by atomic mass is 32.2. The molecule has 7 nitrogen and oxygen atoms in total. The van der Waals surface area contributed by atoms with E-state index in [9.17, 15) is 18.0 Å². The summed E-state index contributed by atoms with van der Waals surface area (Å²) in [5, 5.41) is 8.26. The average Bonchev–Trinajstić information content (AvgIpc) is 3.09. The minimum Gasteiger partial charge on any atom is -0.352 e. The van der Waals surface area contributed by atoms with E-state index in [1.54, 1.807) is 0 Å². The van der Waals surface area contributed by atoms with Gasteiger partial charge in [0.2, 0.25) is 11.8 Å². The monoisotopic (exact) mass is 289 g/mol. The second-order valence-corrected chi connectivity index (χ2v) is 7.32. The Morgan fingerprint density at radius 2 is 1.95 bits per heavy atom. The molecule has 19 heavy (non-hydrogen) atoms. The van der Waals surface area contributed by atoms with E-state index in [0.717, 1.165) is 12.8 Å². The Bertz CT molecular complexity index is 459. The van der Waals surface area contributed by atoms with Crippen LogP contribution in [0.1, 0.15) is 19.3 Å². The fraction of sp³-hybridized carbons (Fsp3) is 0.818. The molecule has 1 atom stereocenters. The van der Waals surface area contributed by atoms with E-state index in [1.165, 1.54) is 0 Å². The number of rotatable bonds is 5. The molecule has 0 aromatic rings. The van der Waals surface area contributed by atoms with Gasteiger partial charge in [0.15, 0.2) is 9.84 Å². The van der Waals surface area contributed by atoms with Crippen molar-refractivity contribution in [2.45, 2.75) is 31.3 Å². The molecule has 2 aliphatic rings. The number of hydrogen-bond acceptors (Lipinski definition) is 5. The normalized spacial score (nSPS) is 25.6. The van der Waals surface area contributed by atoms with Crippen LogP contribution < -0.4 is 16.0 Å². The first-order chi connectivity index (χ1) is 8.94. The van der Waals surface area contributed by atoms with Crippen molar-refractivity contribution < 1.29 is 18.0 Å². The van der Waals surface area contributed by atoms with Crippen LogP contribution in [0.15, 0.2) is 0 Å². The van der Waals surface area contributed by atoms with Gasteiger partial charge in [-0.25, -0.2) is 8.42 Å². The Balaban J connectivity index is 1.67. The summed E-state index contributed by atoms with van der Waals surface area (Å²) in [4.78, 5) is 23.0. The van der Waals surface area contributed by atoms with Gasteiger partial charge in [0.05, 0.1) is 18.1 Å². The highest BCUT2D eigenvalue weighted by Crippen LogP contribution is 2.18. The second-order valence-electron chi connectivity index (χ2n) is 5.09. The molecule has 1 aliphatic heterocycles. The first-order valence-corrected chi connectivity index (χ1v) is 8.26. The van der Waals surface area contributed by atoms with E-state index in [0.29, 0.717) is 6.54 Å². The number of amides is 2. The fourth-order valence-electron chi connectivity index (χ4n) is 1.98. The van der Waals surface area contributed by atoms with Gasteiger partial charge in [-0.3, -0.25) is 9.59 Å². The predicted octanol–water partition coefficient (Wildman–Crippen LogP) is -1.84. The van der Waals surface area contributed by atoms with Gasteiger partial charge in [0, 0.05) is 25.0 Å². The molecule has 1 aliphatic carbocycles. The van der Waals surface area contributed by atoms with Crippen molar-refractivity contribution in [3.8, 4) is 0 Å². The SMILES string of the molecule is O=C(CC1CS(=O)(=O)CCN1)NCC(=O)NC1CC1. The van der Waals surface area contributed by atoms with Crippen molar-refractivity contribution >= 4 is 21.7 Å². The van der Waals surface area contributed by atoms with Crippen molar-refractivity contribution in [2.24, 2.45) is 0 Å². The molecular weight excluding hydrogens is 270 g/mol. The molecule has 0 spiro atoms. The Morgan fingerprint density at radius 1 is 1.21 bits per heavy atom. The Kier molecular flexibility index (Phi) is 4.41. The molecule has 8 heteroatoms. The molecule has 3 N–H and O–H groups in total. The molecule has 2 fully saturated rings. The topological polar surface area (TPSA) is 104 Å². The van der Waals surface area contributed by atoms with Gasteiger partial charge in [-0.1, -0.05) is 0 Å². The summed E-state index contributed by atoms with van der Waals surface area (Å²) in [7, 11) is -3.04. The van der Waals surface area contributed by atoms with Crippen LogP contribution in [0.4, 0.5) is 0 Å². The van der Waals surface area contributed by atoms with Crippen molar-refractivity contribution in [3.05, 3.63) is 0 Å². The third-order valence-electron chi connectivity index (χ3n) is 3.12. The minimum absolute atomic E-state index is 0.0192. The molecule has 2 amide bonds. The Labute approximate surface area is 112 Å². The molecule has 108 valence electrons. The van der Waals surface area contributed by atoms with Crippen LogP contribution in [0.25, 0.3) is 0 Å². The summed E-state index contributed by atoms with van der Waals surface area (Å²) in [6, 6.07) is -0.0835. The lowest BCUT2D eigenvalue weighted by Gasteiger charge is -2.23. The minimum atomic E-state index is -3.04. The van der Waals surface area contributed by atoms with E-state index in [1.807, 2.05) is 0 Å². The standard InChI is InChI=1S/C11H19N3O4S/c15-10(13-6-11(16)14-8-1-2-8)5-9-7-19(17,18)4-3-12-9/h8-9,12H,1-7H2,(H,13,15)(H,14,16). The number of carbonyl (C=O) groups excluding carboxylic acids is 2. The number of sulfone groups is 1. The van der Waals surface area contributed by atoms with E-state index >= 15 is 0 Å². The quantitative estimate of drug-likeness (QED) is 0.551. The van der Waals surface area contributed by atoms with E-state index < -0.39 is 9.84 Å². The van der Waals surface area contributed by atoms with E-state index in [4.69, 9.17) is 0 Å². The molecule has 1 saturated heterocycles. The Morgan fingerprint density at radius 3 is 2.58 bits per heavy atom. The lowest BCUT2D eigenvalue weighted by Crippen LogP contribution is -2.48. The van der Waals surface area contributed by atoms with Crippen LogP contribution in [0.2, 0.25) is 0 Å². The van der Waals surface area contributed by atoms with Crippen LogP contribution in [-0.4, -0.2) is 56.9 Å². The molecule has 0 aromatic heterocycles. The van der Waals surface area contributed by atoms with Crippen LogP contribution in [0.3, 0.4) is 0 Å². The van der Waals surface area contributed by atoms with Crippen molar-refractivity contribution in [1.82, 2.24) is 16.0 Å². The molecule has 1 saturated carbocycles. The maximum absolute atomic E-state index is 11.6.